The quantitative estimate of drug-likeness (QED) is 0.895. The number of thiophene rings is 1. The Hall–Kier alpha value is -1.07. The maximum atomic E-state index is 10.2. The molecule has 21 heavy (non-hydrogen) atoms. The summed E-state index contributed by atoms with van der Waals surface area (Å²) in [7, 11) is 0. The molecule has 0 saturated heterocycles. The summed E-state index contributed by atoms with van der Waals surface area (Å²) in [6, 6.07) is 7.91. The van der Waals surface area contributed by atoms with E-state index in [9.17, 15) is 5.11 Å². The fourth-order valence-electron chi connectivity index (χ4n) is 2.59. The van der Waals surface area contributed by atoms with E-state index in [1.165, 1.54) is 0 Å². The molecule has 5 heteroatoms. The van der Waals surface area contributed by atoms with Crippen LogP contribution in [0, 0.1) is 0 Å². The van der Waals surface area contributed by atoms with E-state index in [1.54, 1.807) is 11.3 Å². The minimum absolute atomic E-state index is 0.188. The minimum Gasteiger partial charge on any atom is -0.493 e. The predicted molar refractivity (Wildman–Crippen MR) is 86.2 cm³/mol. The number of halogens is 1. The molecule has 1 aliphatic heterocycles. The molecule has 0 amide bonds. The summed E-state index contributed by atoms with van der Waals surface area (Å²) in [5.74, 6) is 0.850. The van der Waals surface area contributed by atoms with Crippen LogP contribution in [0.5, 0.6) is 5.75 Å². The van der Waals surface area contributed by atoms with Crippen molar-refractivity contribution in [3.8, 4) is 5.75 Å². The first-order valence-electron chi connectivity index (χ1n) is 7.10. The van der Waals surface area contributed by atoms with Crippen LogP contribution in [0.15, 0.2) is 35.0 Å². The van der Waals surface area contributed by atoms with E-state index in [0.717, 1.165) is 29.7 Å². The summed E-state index contributed by atoms with van der Waals surface area (Å²) >= 11 is 7.63. The lowest BCUT2D eigenvalue weighted by Gasteiger charge is -2.20. The van der Waals surface area contributed by atoms with Crippen LogP contribution >= 0.6 is 22.9 Å². The van der Waals surface area contributed by atoms with Gasteiger partial charge in [0.1, 0.15) is 5.75 Å². The lowest BCUT2D eigenvalue weighted by Crippen LogP contribution is -2.26. The normalized spacial score (nSPS) is 19.4. The maximum absolute atomic E-state index is 10.2. The van der Waals surface area contributed by atoms with Crippen LogP contribution in [0.25, 0.3) is 0 Å². The molecule has 0 saturated carbocycles. The fraction of sp³-hybridized carbons (Fsp3) is 0.375. The van der Waals surface area contributed by atoms with Gasteiger partial charge >= 0.3 is 0 Å². The Bertz CT molecular complexity index is 588. The number of rotatable bonds is 4. The topological polar surface area (TPSA) is 41.5 Å². The Morgan fingerprint density at radius 3 is 3.14 bits per heavy atom. The van der Waals surface area contributed by atoms with Gasteiger partial charge in [-0.25, -0.2) is 0 Å². The molecule has 0 bridgehead atoms. The average Bonchev–Trinajstić information content (AvgIpc) is 2.94. The minimum atomic E-state index is -0.476. The Kier molecular flexibility index (Phi) is 4.80. The highest BCUT2D eigenvalue weighted by Crippen LogP contribution is 2.33. The van der Waals surface area contributed by atoms with Gasteiger partial charge in [-0.1, -0.05) is 17.7 Å². The number of hydrogen-bond acceptors (Lipinski definition) is 4. The summed E-state index contributed by atoms with van der Waals surface area (Å²) in [6.45, 7) is 1.24. The van der Waals surface area contributed by atoms with Crippen LogP contribution < -0.4 is 10.1 Å². The third-order valence-corrected chi connectivity index (χ3v) is 4.67. The highest BCUT2D eigenvalue weighted by Gasteiger charge is 2.20. The standard InChI is InChI=1S/C16H18ClNO2S/c17-12-3-4-13-14(2-1-6-20-16(13)8-12)18-9-15(19)11-5-7-21-10-11/h3-5,7-8,10,14-15,18-19H,1-2,6,9H2. The fourth-order valence-corrected chi connectivity index (χ4v) is 3.46. The van der Waals surface area contributed by atoms with Gasteiger partial charge in [-0.2, -0.15) is 11.3 Å². The molecule has 2 N–H and O–H groups in total. The van der Waals surface area contributed by atoms with Crippen molar-refractivity contribution in [2.75, 3.05) is 13.2 Å². The van der Waals surface area contributed by atoms with E-state index in [1.807, 2.05) is 35.0 Å². The number of benzene rings is 1. The van der Waals surface area contributed by atoms with Crippen LogP contribution in [0.2, 0.25) is 5.02 Å². The molecule has 3 rings (SSSR count). The van der Waals surface area contributed by atoms with Crippen LogP contribution in [0.3, 0.4) is 0 Å². The lowest BCUT2D eigenvalue weighted by molar-refractivity contribution is 0.169. The van der Waals surface area contributed by atoms with E-state index >= 15 is 0 Å². The summed E-state index contributed by atoms with van der Waals surface area (Å²) in [4.78, 5) is 0. The summed E-state index contributed by atoms with van der Waals surface area (Å²) in [5.41, 5.74) is 2.09. The van der Waals surface area contributed by atoms with Gasteiger partial charge in [0.25, 0.3) is 0 Å². The number of nitrogens with one attached hydrogen (secondary N) is 1. The molecule has 1 aliphatic rings. The molecular weight excluding hydrogens is 306 g/mol. The molecular formula is C16H18ClNO2S. The van der Waals surface area contributed by atoms with Crippen LogP contribution in [0.4, 0.5) is 0 Å². The van der Waals surface area contributed by atoms with E-state index in [0.29, 0.717) is 18.2 Å². The molecule has 3 nitrogen and oxygen atoms in total. The van der Waals surface area contributed by atoms with E-state index in [2.05, 4.69) is 5.32 Å². The molecule has 1 aromatic carbocycles. The number of aliphatic hydroxyl groups excluding tert-OH is 1. The SMILES string of the molecule is OC(CNC1CCCOc2cc(Cl)ccc21)c1ccsc1. The van der Waals surface area contributed by atoms with Crippen molar-refractivity contribution in [1.82, 2.24) is 5.32 Å². The zero-order chi connectivity index (χ0) is 14.7. The van der Waals surface area contributed by atoms with Crippen molar-refractivity contribution in [1.29, 1.82) is 0 Å². The Morgan fingerprint density at radius 1 is 1.43 bits per heavy atom. The van der Waals surface area contributed by atoms with Crippen molar-refractivity contribution in [3.05, 3.63) is 51.2 Å². The number of aliphatic hydroxyl groups is 1. The molecule has 1 aromatic heterocycles. The van der Waals surface area contributed by atoms with E-state index < -0.39 is 6.10 Å². The van der Waals surface area contributed by atoms with Crippen molar-refractivity contribution >= 4 is 22.9 Å². The average molecular weight is 324 g/mol. The smallest absolute Gasteiger partial charge is 0.125 e. The number of fused-ring (bicyclic) bond motifs is 1. The van der Waals surface area contributed by atoms with Crippen molar-refractivity contribution < 1.29 is 9.84 Å². The van der Waals surface area contributed by atoms with Gasteiger partial charge < -0.3 is 15.2 Å². The highest BCUT2D eigenvalue weighted by molar-refractivity contribution is 7.07. The lowest BCUT2D eigenvalue weighted by atomic mass is 10.0. The summed E-state index contributed by atoms with van der Waals surface area (Å²) in [6.07, 6.45) is 1.50. The van der Waals surface area contributed by atoms with Crippen LogP contribution in [0.1, 0.15) is 36.1 Å². The zero-order valence-corrected chi connectivity index (χ0v) is 13.2. The van der Waals surface area contributed by atoms with Gasteiger partial charge in [0.2, 0.25) is 0 Å². The molecule has 0 aliphatic carbocycles. The maximum Gasteiger partial charge on any atom is 0.125 e. The first-order chi connectivity index (χ1) is 10.2. The highest BCUT2D eigenvalue weighted by atomic mass is 35.5. The molecule has 0 spiro atoms. The van der Waals surface area contributed by atoms with Gasteiger partial charge in [-0.05, 0) is 47.4 Å². The number of hydrogen-bond donors (Lipinski definition) is 2. The zero-order valence-electron chi connectivity index (χ0n) is 11.6. The largest absolute Gasteiger partial charge is 0.493 e. The Labute approximate surface area is 133 Å². The van der Waals surface area contributed by atoms with E-state index in [-0.39, 0.29) is 6.04 Å². The second-order valence-corrected chi connectivity index (χ2v) is 6.42. The van der Waals surface area contributed by atoms with Crippen molar-refractivity contribution in [3.63, 3.8) is 0 Å². The molecule has 0 radical (unpaired) electrons. The second-order valence-electron chi connectivity index (χ2n) is 5.21. The second kappa shape index (κ2) is 6.79. The third kappa shape index (κ3) is 3.58. The Morgan fingerprint density at radius 2 is 2.33 bits per heavy atom. The van der Waals surface area contributed by atoms with Gasteiger partial charge in [0, 0.05) is 23.2 Å². The van der Waals surface area contributed by atoms with E-state index in [4.69, 9.17) is 16.3 Å². The molecule has 2 aromatic rings. The monoisotopic (exact) mass is 323 g/mol. The molecule has 0 fully saturated rings. The summed E-state index contributed by atoms with van der Waals surface area (Å²) in [5, 5.41) is 18.3. The predicted octanol–water partition coefficient (Wildman–Crippen LogP) is 3.94. The molecule has 2 atom stereocenters. The molecule has 2 unspecified atom stereocenters. The third-order valence-electron chi connectivity index (χ3n) is 3.73. The van der Waals surface area contributed by atoms with Crippen molar-refractivity contribution in [2.24, 2.45) is 0 Å². The van der Waals surface area contributed by atoms with Gasteiger partial charge in [0.05, 0.1) is 12.7 Å². The first kappa shape index (κ1) is 14.9. The first-order valence-corrected chi connectivity index (χ1v) is 8.42. The summed E-state index contributed by atoms with van der Waals surface area (Å²) < 4.78 is 5.75. The van der Waals surface area contributed by atoms with Gasteiger partial charge in [0.15, 0.2) is 0 Å². The molecule has 112 valence electrons. The molecule has 2 heterocycles. The van der Waals surface area contributed by atoms with Crippen molar-refractivity contribution in [2.45, 2.75) is 25.0 Å². The van der Waals surface area contributed by atoms with Crippen LogP contribution in [-0.2, 0) is 0 Å². The number of ether oxygens (including phenoxy) is 1. The van der Waals surface area contributed by atoms with Gasteiger partial charge in [-0.3, -0.25) is 0 Å². The van der Waals surface area contributed by atoms with Gasteiger partial charge in [-0.15, -0.1) is 0 Å². The van der Waals surface area contributed by atoms with Crippen LogP contribution in [-0.4, -0.2) is 18.3 Å². The Balaban J connectivity index is 1.71.